The van der Waals surface area contributed by atoms with Crippen molar-refractivity contribution < 1.29 is 9.59 Å². The van der Waals surface area contributed by atoms with E-state index in [1.807, 2.05) is 12.1 Å². The molecule has 0 bridgehead atoms. The van der Waals surface area contributed by atoms with Gasteiger partial charge >= 0.3 is 0 Å². The second kappa shape index (κ2) is 6.14. The number of ketones is 1. The van der Waals surface area contributed by atoms with Crippen molar-refractivity contribution in [1.82, 2.24) is 5.32 Å². The van der Waals surface area contributed by atoms with Gasteiger partial charge in [0.05, 0.1) is 0 Å². The van der Waals surface area contributed by atoms with Crippen molar-refractivity contribution in [2.75, 3.05) is 6.54 Å². The predicted molar refractivity (Wildman–Crippen MR) is 73.8 cm³/mol. The Morgan fingerprint density at radius 3 is 2.67 bits per heavy atom. The average Bonchev–Trinajstić information content (AvgIpc) is 2.63. The molecule has 0 spiro atoms. The number of nitrogens with one attached hydrogen (secondary N) is 1. The standard InChI is InChI=1S/C14H16BrNO2/c15-9-10-4-6-11(7-5-10)13(17)12-3-1-2-8-16-14(12)18/h4-7,12H,1-3,8-9H2,(H,16,18). The smallest absolute Gasteiger partial charge is 0.230 e. The van der Waals surface area contributed by atoms with E-state index in [9.17, 15) is 9.59 Å². The first kappa shape index (κ1) is 13.3. The number of carbonyl (C=O) groups is 2. The summed E-state index contributed by atoms with van der Waals surface area (Å²) in [5.74, 6) is -0.695. The Balaban J connectivity index is 2.15. The Kier molecular flexibility index (Phi) is 4.53. The van der Waals surface area contributed by atoms with E-state index in [-0.39, 0.29) is 11.7 Å². The molecular weight excluding hydrogens is 294 g/mol. The topological polar surface area (TPSA) is 46.2 Å². The zero-order valence-electron chi connectivity index (χ0n) is 10.1. The highest BCUT2D eigenvalue weighted by Gasteiger charge is 2.28. The number of carbonyl (C=O) groups excluding carboxylic acids is 2. The van der Waals surface area contributed by atoms with Crippen LogP contribution in [0.25, 0.3) is 0 Å². The molecule has 0 saturated carbocycles. The summed E-state index contributed by atoms with van der Waals surface area (Å²) in [7, 11) is 0. The van der Waals surface area contributed by atoms with Gasteiger partial charge in [0.25, 0.3) is 0 Å². The zero-order chi connectivity index (χ0) is 13.0. The molecule has 1 amide bonds. The molecule has 0 radical (unpaired) electrons. The number of rotatable bonds is 3. The largest absolute Gasteiger partial charge is 0.355 e. The van der Waals surface area contributed by atoms with Gasteiger partial charge in [-0.1, -0.05) is 46.6 Å². The van der Waals surface area contributed by atoms with E-state index in [0.717, 1.165) is 23.7 Å². The lowest BCUT2D eigenvalue weighted by Gasteiger charge is -2.12. The van der Waals surface area contributed by atoms with Crippen LogP contribution >= 0.6 is 15.9 Å². The highest BCUT2D eigenvalue weighted by Crippen LogP contribution is 2.19. The summed E-state index contributed by atoms with van der Waals surface area (Å²) in [5.41, 5.74) is 1.75. The van der Waals surface area contributed by atoms with Crippen LogP contribution in [0.4, 0.5) is 0 Å². The van der Waals surface area contributed by atoms with Crippen LogP contribution in [0.15, 0.2) is 24.3 Å². The summed E-state index contributed by atoms with van der Waals surface area (Å²) >= 11 is 3.37. The predicted octanol–water partition coefficient (Wildman–Crippen LogP) is 2.68. The second-order valence-electron chi connectivity index (χ2n) is 4.53. The maximum Gasteiger partial charge on any atom is 0.230 e. The SMILES string of the molecule is O=C1NCCCCC1C(=O)c1ccc(CBr)cc1. The highest BCUT2D eigenvalue weighted by molar-refractivity contribution is 9.08. The lowest BCUT2D eigenvalue weighted by atomic mass is 9.92. The van der Waals surface area contributed by atoms with Crippen LogP contribution in [0.2, 0.25) is 0 Å². The Hall–Kier alpha value is -1.16. The minimum Gasteiger partial charge on any atom is -0.355 e. The second-order valence-corrected chi connectivity index (χ2v) is 5.09. The van der Waals surface area contributed by atoms with Crippen molar-refractivity contribution in [3.8, 4) is 0 Å². The van der Waals surface area contributed by atoms with Gasteiger partial charge in [0.15, 0.2) is 5.78 Å². The van der Waals surface area contributed by atoms with Gasteiger partial charge in [0.1, 0.15) is 5.92 Å². The maximum atomic E-state index is 12.3. The number of Topliss-reactive ketones (excluding diaryl/α,β-unsaturated/α-hetero) is 1. The summed E-state index contributed by atoms with van der Waals surface area (Å²) in [6, 6.07) is 7.43. The molecule has 0 aliphatic carbocycles. The molecule has 96 valence electrons. The number of amides is 1. The molecule has 1 atom stereocenters. The van der Waals surface area contributed by atoms with E-state index < -0.39 is 5.92 Å². The van der Waals surface area contributed by atoms with Gasteiger partial charge in [0, 0.05) is 17.4 Å². The number of alkyl halides is 1. The van der Waals surface area contributed by atoms with Crippen LogP contribution in [0.1, 0.15) is 35.2 Å². The van der Waals surface area contributed by atoms with Crippen LogP contribution in [0, 0.1) is 5.92 Å². The van der Waals surface area contributed by atoms with E-state index >= 15 is 0 Å². The van der Waals surface area contributed by atoms with Gasteiger partial charge < -0.3 is 5.32 Å². The number of hydrogen-bond donors (Lipinski definition) is 1. The number of hydrogen-bond acceptors (Lipinski definition) is 2. The molecular formula is C14H16BrNO2. The average molecular weight is 310 g/mol. The van der Waals surface area contributed by atoms with Crippen LogP contribution in [0.3, 0.4) is 0 Å². The molecule has 3 nitrogen and oxygen atoms in total. The number of halogens is 1. The highest BCUT2D eigenvalue weighted by atomic mass is 79.9. The molecule has 0 aromatic heterocycles. The number of benzene rings is 1. The molecule has 1 heterocycles. The fraction of sp³-hybridized carbons (Fsp3) is 0.429. The summed E-state index contributed by atoms with van der Waals surface area (Å²) in [5, 5.41) is 3.57. The van der Waals surface area contributed by atoms with Crippen LogP contribution < -0.4 is 5.32 Å². The molecule has 1 unspecified atom stereocenters. The summed E-state index contributed by atoms with van der Waals surface area (Å²) in [4.78, 5) is 24.1. The van der Waals surface area contributed by atoms with Gasteiger partial charge in [-0.3, -0.25) is 9.59 Å². The first-order valence-electron chi connectivity index (χ1n) is 6.19. The fourth-order valence-corrected chi connectivity index (χ4v) is 2.52. The zero-order valence-corrected chi connectivity index (χ0v) is 11.7. The Morgan fingerprint density at radius 2 is 2.00 bits per heavy atom. The van der Waals surface area contributed by atoms with Crippen molar-refractivity contribution in [2.24, 2.45) is 5.92 Å². The third-order valence-corrected chi connectivity index (χ3v) is 3.89. The van der Waals surface area contributed by atoms with Gasteiger partial charge in [-0.05, 0) is 18.4 Å². The normalized spacial score (nSPS) is 20.1. The lowest BCUT2D eigenvalue weighted by molar-refractivity contribution is -0.123. The Labute approximate surface area is 115 Å². The molecule has 18 heavy (non-hydrogen) atoms. The van der Waals surface area contributed by atoms with E-state index in [2.05, 4.69) is 21.2 Å². The molecule has 1 fully saturated rings. The summed E-state index contributed by atoms with van der Waals surface area (Å²) in [6.45, 7) is 0.686. The van der Waals surface area contributed by atoms with Crippen LogP contribution in [-0.4, -0.2) is 18.2 Å². The molecule has 4 heteroatoms. The first-order valence-corrected chi connectivity index (χ1v) is 7.31. The van der Waals surface area contributed by atoms with Crippen molar-refractivity contribution in [3.05, 3.63) is 35.4 Å². The van der Waals surface area contributed by atoms with Gasteiger partial charge in [-0.15, -0.1) is 0 Å². The van der Waals surface area contributed by atoms with Crippen LogP contribution in [-0.2, 0) is 10.1 Å². The van der Waals surface area contributed by atoms with Crippen molar-refractivity contribution >= 4 is 27.6 Å². The fourth-order valence-electron chi connectivity index (χ4n) is 2.15. The maximum absolute atomic E-state index is 12.3. The van der Waals surface area contributed by atoms with Crippen molar-refractivity contribution in [3.63, 3.8) is 0 Å². The van der Waals surface area contributed by atoms with Gasteiger partial charge in [-0.2, -0.15) is 0 Å². The lowest BCUT2D eigenvalue weighted by Crippen LogP contribution is -2.33. The molecule has 1 aromatic carbocycles. The first-order chi connectivity index (χ1) is 8.72. The van der Waals surface area contributed by atoms with Crippen molar-refractivity contribution in [1.29, 1.82) is 0 Å². The van der Waals surface area contributed by atoms with E-state index in [1.54, 1.807) is 12.1 Å². The van der Waals surface area contributed by atoms with Crippen LogP contribution in [0.5, 0.6) is 0 Å². The third kappa shape index (κ3) is 2.99. The third-order valence-electron chi connectivity index (χ3n) is 3.24. The summed E-state index contributed by atoms with van der Waals surface area (Å²) in [6.07, 6.45) is 2.54. The monoisotopic (exact) mass is 309 g/mol. The molecule has 1 aromatic rings. The van der Waals surface area contributed by atoms with Gasteiger partial charge in [0.2, 0.25) is 5.91 Å². The Morgan fingerprint density at radius 1 is 1.28 bits per heavy atom. The molecule has 2 rings (SSSR count). The molecule has 1 aliphatic heterocycles. The van der Waals surface area contributed by atoms with E-state index in [4.69, 9.17) is 0 Å². The quantitative estimate of drug-likeness (QED) is 0.530. The molecule has 1 aliphatic rings. The van der Waals surface area contributed by atoms with E-state index in [1.165, 1.54) is 0 Å². The Bertz CT molecular complexity index is 442. The van der Waals surface area contributed by atoms with E-state index in [0.29, 0.717) is 18.5 Å². The minimum atomic E-state index is -0.512. The minimum absolute atomic E-state index is 0.0597. The van der Waals surface area contributed by atoms with Gasteiger partial charge in [-0.25, -0.2) is 0 Å². The van der Waals surface area contributed by atoms with Crippen molar-refractivity contribution in [2.45, 2.75) is 24.6 Å². The summed E-state index contributed by atoms with van der Waals surface area (Å²) < 4.78 is 0. The molecule has 1 saturated heterocycles. The molecule has 1 N–H and O–H groups in total.